The van der Waals surface area contributed by atoms with Crippen molar-refractivity contribution in [2.45, 2.75) is 0 Å². The van der Waals surface area contributed by atoms with E-state index in [1.54, 1.807) is 65.2 Å². The predicted molar refractivity (Wildman–Crippen MR) is 198 cm³/mol. The third-order valence-electron chi connectivity index (χ3n) is 8.02. The van der Waals surface area contributed by atoms with Gasteiger partial charge in [0.1, 0.15) is 5.82 Å². The van der Waals surface area contributed by atoms with E-state index in [0.29, 0.717) is 16.7 Å². The first-order valence-electron chi connectivity index (χ1n) is 23.6. The molecule has 2 heteroatoms. The summed E-state index contributed by atoms with van der Waals surface area (Å²) >= 11 is 0. The number of aromatic nitrogens is 2. The lowest BCUT2D eigenvalue weighted by atomic mass is 9.84. The summed E-state index contributed by atoms with van der Waals surface area (Å²) in [6.07, 6.45) is 0. The molecule has 0 fully saturated rings. The molecule has 0 bridgehead atoms. The monoisotopic (exact) mass is 616 g/mol. The minimum Gasteiger partial charge on any atom is -0.292 e. The minimum absolute atomic E-state index is 0.0153. The van der Waals surface area contributed by atoms with Crippen LogP contribution in [0.25, 0.3) is 83.0 Å². The molecule has 0 atom stereocenters. The average Bonchev–Trinajstić information content (AvgIpc) is 3.69. The first-order chi connectivity index (χ1) is 30.8. The molecule has 1 heterocycles. The summed E-state index contributed by atoms with van der Waals surface area (Å²) in [4.78, 5) is 4.73. The lowest BCUT2D eigenvalue weighted by Crippen LogP contribution is -1.98. The molecule has 0 amide bonds. The maximum absolute atomic E-state index is 9.47. The van der Waals surface area contributed by atoms with Gasteiger partial charge in [-0.1, -0.05) is 157 Å². The van der Waals surface area contributed by atoms with Crippen molar-refractivity contribution in [2.24, 2.45) is 0 Å². The van der Waals surface area contributed by atoms with Crippen molar-refractivity contribution in [3.63, 3.8) is 0 Å². The minimum atomic E-state index is -0.669. The molecular weight excluding hydrogens is 569 g/mol. The number of nitrogens with zero attached hydrogens (tertiary/aromatic N) is 2. The van der Waals surface area contributed by atoms with Gasteiger partial charge in [0.25, 0.3) is 0 Å². The van der Waals surface area contributed by atoms with E-state index in [2.05, 4.69) is 0 Å². The van der Waals surface area contributed by atoms with Gasteiger partial charge in [0.2, 0.25) is 0 Å². The second-order valence-corrected chi connectivity index (χ2v) is 10.6. The Bertz CT molecular complexity index is 3460. The zero-order chi connectivity index (χ0) is 46.8. The van der Waals surface area contributed by atoms with Gasteiger partial charge in [-0.15, -0.1) is 0 Å². The van der Waals surface area contributed by atoms with Crippen LogP contribution in [0.1, 0.15) is 24.7 Å². The maximum Gasteiger partial charge on any atom is 0.145 e. The van der Waals surface area contributed by atoms with Gasteiger partial charge in [0.05, 0.1) is 35.7 Å². The number of imidazole rings is 1. The third kappa shape index (κ3) is 4.54. The van der Waals surface area contributed by atoms with Gasteiger partial charge in [0.15, 0.2) is 0 Å². The topological polar surface area (TPSA) is 17.8 Å². The van der Waals surface area contributed by atoms with Crippen molar-refractivity contribution in [3.8, 4) is 50.5 Å². The molecule has 47 heavy (non-hydrogen) atoms. The van der Waals surface area contributed by atoms with Crippen LogP contribution in [0, 0.1) is 0 Å². The molecule has 0 saturated carbocycles. The molecule has 0 aliphatic rings. The van der Waals surface area contributed by atoms with E-state index in [0.717, 1.165) is 0 Å². The van der Waals surface area contributed by atoms with Crippen LogP contribution in [0.15, 0.2) is 182 Å². The van der Waals surface area contributed by atoms with Crippen molar-refractivity contribution in [3.05, 3.63) is 182 Å². The molecular formula is C45H30N2. The van der Waals surface area contributed by atoms with Crippen molar-refractivity contribution in [2.75, 3.05) is 0 Å². The van der Waals surface area contributed by atoms with Crippen molar-refractivity contribution in [1.29, 1.82) is 0 Å². The van der Waals surface area contributed by atoms with E-state index >= 15 is 0 Å². The van der Waals surface area contributed by atoms with E-state index in [1.807, 2.05) is 0 Å². The molecule has 0 spiro atoms. The molecule has 0 radical (unpaired) electrons. The van der Waals surface area contributed by atoms with Crippen LogP contribution in [0.4, 0.5) is 0 Å². The molecule has 0 aliphatic heterocycles. The molecule has 0 unspecified atom stereocenters. The van der Waals surface area contributed by atoms with Gasteiger partial charge in [-0.25, -0.2) is 4.98 Å². The van der Waals surface area contributed by atoms with Crippen LogP contribution in [0.3, 0.4) is 0 Å². The predicted octanol–water partition coefficient (Wildman–Crippen LogP) is 12.0. The second kappa shape index (κ2) is 11.3. The number of rotatable bonds is 5. The number of para-hydroxylation sites is 2. The zero-order valence-electron chi connectivity index (χ0n) is 42.3. The zero-order valence-corrected chi connectivity index (χ0v) is 24.3. The van der Waals surface area contributed by atoms with E-state index in [9.17, 15) is 5.48 Å². The SMILES string of the molecule is [2H]c1c([2H])c([2H])c(-c2ccccc2-c2c3c([2H])c([2H])c([2H])c([2H])c3c(-c3cccc(-n4c(-c5c([2H])c([2H])c([2H])c([2H])c5[2H])nc5ccccc54)c3)c3c([2H])c([2H])c([2H])c([2H])c23)c([2H])c1[2H]. The van der Waals surface area contributed by atoms with Crippen LogP contribution in [-0.2, 0) is 0 Å². The Morgan fingerprint density at radius 3 is 1.68 bits per heavy atom. The lowest BCUT2D eigenvalue weighted by Gasteiger charge is -2.20. The normalized spacial score (nSPS) is 16.8. The van der Waals surface area contributed by atoms with Crippen LogP contribution in [0.5, 0.6) is 0 Å². The van der Waals surface area contributed by atoms with Gasteiger partial charge < -0.3 is 0 Å². The number of hydrogen-bond donors (Lipinski definition) is 0. The van der Waals surface area contributed by atoms with Crippen molar-refractivity contribution in [1.82, 2.24) is 9.55 Å². The van der Waals surface area contributed by atoms with Crippen molar-refractivity contribution >= 4 is 32.6 Å². The summed E-state index contributed by atoms with van der Waals surface area (Å²) in [7, 11) is 0. The molecule has 9 aromatic rings. The summed E-state index contributed by atoms with van der Waals surface area (Å²) in [6.45, 7) is 0. The molecule has 220 valence electrons. The standard InChI is InChI=1S/C45H30N2/c1-3-16-31(17-4-1)35-22-7-8-23-36(35)44-39-26-11-9-24-37(39)43(38-25-10-12-27-40(38)44)33-20-15-21-34(30-33)47-42-29-14-13-28-41(42)46-45(47)32-18-5-2-6-19-32/h1-30H/i1D,2D,3D,4D,5D,6D,9D,10D,11D,12D,16D,17D,18D,19D,24D,25D,26D,27D. The van der Waals surface area contributed by atoms with E-state index in [-0.39, 0.29) is 66.3 Å². The van der Waals surface area contributed by atoms with E-state index in [4.69, 9.17) is 24.2 Å². The van der Waals surface area contributed by atoms with Gasteiger partial charge in [-0.05, 0) is 79.2 Å². The highest BCUT2D eigenvalue weighted by Gasteiger charge is 2.20. The number of benzene rings is 8. The summed E-state index contributed by atoms with van der Waals surface area (Å²) in [6, 6.07) is 8.58. The van der Waals surface area contributed by atoms with E-state index in [1.165, 1.54) is 12.1 Å². The maximum atomic E-state index is 9.47. The lowest BCUT2D eigenvalue weighted by molar-refractivity contribution is 1.10. The summed E-state index contributed by atoms with van der Waals surface area (Å²) in [5.41, 5.74) is 0.908. The Kier molecular flexibility index (Phi) is 3.47. The van der Waals surface area contributed by atoms with Crippen LogP contribution < -0.4 is 0 Å². The van der Waals surface area contributed by atoms with Crippen LogP contribution in [0.2, 0.25) is 0 Å². The molecule has 1 aromatic heterocycles. The highest BCUT2D eigenvalue weighted by atomic mass is 15.1. The third-order valence-corrected chi connectivity index (χ3v) is 8.02. The molecule has 8 aromatic carbocycles. The smallest absolute Gasteiger partial charge is 0.145 e. The van der Waals surface area contributed by atoms with Gasteiger partial charge >= 0.3 is 0 Å². The summed E-state index contributed by atoms with van der Waals surface area (Å²) in [5, 5.41) is -0.668. The Balaban J connectivity index is 1.47. The van der Waals surface area contributed by atoms with Gasteiger partial charge in [0, 0.05) is 11.3 Å². The van der Waals surface area contributed by atoms with E-state index < -0.39 is 109 Å². The fourth-order valence-corrected chi connectivity index (χ4v) is 6.10. The first-order valence-corrected chi connectivity index (χ1v) is 14.6. The highest BCUT2D eigenvalue weighted by Crippen LogP contribution is 2.46. The average molecular weight is 617 g/mol. The van der Waals surface area contributed by atoms with Crippen LogP contribution in [-0.4, -0.2) is 9.55 Å². The molecule has 0 saturated heterocycles. The van der Waals surface area contributed by atoms with Gasteiger partial charge in [-0.2, -0.15) is 0 Å². The molecule has 9 rings (SSSR count). The summed E-state index contributed by atoms with van der Waals surface area (Å²) < 4.78 is 160. The Hall–Kier alpha value is -6.25. The van der Waals surface area contributed by atoms with Crippen LogP contribution >= 0.6 is 0 Å². The Labute approximate surface area is 299 Å². The second-order valence-electron chi connectivity index (χ2n) is 10.6. The largest absolute Gasteiger partial charge is 0.292 e. The molecule has 0 aliphatic carbocycles. The summed E-state index contributed by atoms with van der Waals surface area (Å²) in [5.74, 6) is -0.0153. The number of fused-ring (bicyclic) bond motifs is 3. The molecule has 2 nitrogen and oxygen atoms in total. The quantitative estimate of drug-likeness (QED) is 0.176. The fraction of sp³-hybridized carbons (Fsp3) is 0. The fourth-order valence-electron chi connectivity index (χ4n) is 6.10. The first kappa shape index (κ1) is 14.5. The highest BCUT2D eigenvalue weighted by molar-refractivity contribution is 6.22. The molecule has 0 N–H and O–H groups in total. The van der Waals surface area contributed by atoms with Gasteiger partial charge in [-0.3, -0.25) is 4.57 Å². The number of hydrogen-bond acceptors (Lipinski definition) is 1. The van der Waals surface area contributed by atoms with Crippen molar-refractivity contribution < 1.29 is 24.7 Å². The Morgan fingerprint density at radius 1 is 0.447 bits per heavy atom. The Morgan fingerprint density at radius 2 is 1.00 bits per heavy atom.